The van der Waals surface area contributed by atoms with Crippen LogP contribution in [0, 0.1) is 0 Å². The first-order valence-corrected chi connectivity index (χ1v) is 12.0. The average molecular weight is 536 g/mol. The molecule has 2 N–H and O–H groups in total. The van der Waals surface area contributed by atoms with Crippen LogP contribution in [0.3, 0.4) is 0 Å². The van der Waals surface area contributed by atoms with Gasteiger partial charge in [0, 0.05) is 44.0 Å². The molecule has 1 unspecified atom stereocenters. The number of halogens is 1. The van der Waals surface area contributed by atoms with Crippen molar-refractivity contribution in [2.75, 3.05) is 36.5 Å². The Morgan fingerprint density at radius 2 is 2.03 bits per heavy atom. The van der Waals surface area contributed by atoms with E-state index in [4.69, 9.17) is 0 Å². The Balaban J connectivity index is 0.00000420. The van der Waals surface area contributed by atoms with Crippen LogP contribution >= 0.6 is 24.0 Å². The molecule has 9 heteroatoms. The largest absolute Gasteiger partial charge is 0.357 e. The molecule has 1 aliphatic heterocycles. The Morgan fingerprint density at radius 1 is 1.31 bits per heavy atom. The zero-order valence-electron chi connectivity index (χ0n) is 17.5. The molecule has 0 fully saturated rings. The molecule has 2 rings (SSSR count). The second-order valence-corrected chi connectivity index (χ2v) is 9.51. The zero-order valence-corrected chi connectivity index (χ0v) is 20.6. The van der Waals surface area contributed by atoms with E-state index in [1.165, 1.54) is 11.8 Å². The molecule has 0 aliphatic carbocycles. The highest BCUT2D eigenvalue weighted by atomic mass is 127. The van der Waals surface area contributed by atoms with E-state index in [1.807, 2.05) is 36.9 Å². The molecule has 1 aliphatic rings. The number of hydrogen-bond donors (Lipinski definition) is 2. The van der Waals surface area contributed by atoms with Gasteiger partial charge in [-0.15, -0.1) is 24.0 Å². The summed E-state index contributed by atoms with van der Waals surface area (Å²) in [7, 11) is -2.97. The van der Waals surface area contributed by atoms with Crippen LogP contribution in [0.2, 0.25) is 0 Å². The van der Waals surface area contributed by atoms with Gasteiger partial charge in [-0.25, -0.2) is 8.42 Å². The number of sulfone groups is 1. The number of guanidine groups is 1. The van der Waals surface area contributed by atoms with Gasteiger partial charge < -0.3 is 15.5 Å². The number of amides is 1. The second-order valence-electron chi connectivity index (χ2n) is 7.25. The van der Waals surface area contributed by atoms with Crippen molar-refractivity contribution in [3.05, 3.63) is 29.8 Å². The van der Waals surface area contributed by atoms with Gasteiger partial charge in [0.25, 0.3) is 0 Å². The molecule has 7 nitrogen and oxygen atoms in total. The number of rotatable bonds is 9. The van der Waals surface area contributed by atoms with Crippen LogP contribution in [0.4, 0.5) is 5.69 Å². The maximum atomic E-state index is 12.5. The molecular weight excluding hydrogens is 503 g/mol. The predicted molar refractivity (Wildman–Crippen MR) is 130 cm³/mol. The van der Waals surface area contributed by atoms with Crippen molar-refractivity contribution >= 4 is 51.4 Å². The molecular formula is C20H33IN4O3S. The van der Waals surface area contributed by atoms with Crippen LogP contribution in [0.1, 0.15) is 38.7 Å². The molecule has 1 aromatic rings. The SMILES string of the molecule is CCNC(=NCCCC(=O)N1CCc2ccccc21)NC(C)CCS(C)(=O)=O.I. The first-order valence-electron chi connectivity index (χ1n) is 9.91. The van der Waals surface area contributed by atoms with Crippen molar-refractivity contribution in [3.8, 4) is 0 Å². The summed E-state index contributed by atoms with van der Waals surface area (Å²) in [5.74, 6) is 0.939. The van der Waals surface area contributed by atoms with Crippen LogP contribution in [-0.2, 0) is 21.1 Å². The van der Waals surface area contributed by atoms with Crippen LogP contribution in [-0.4, -0.2) is 58.0 Å². The molecule has 0 bridgehead atoms. The minimum absolute atomic E-state index is 0. The van der Waals surface area contributed by atoms with Gasteiger partial charge >= 0.3 is 0 Å². The number of carbonyl (C=O) groups is 1. The van der Waals surface area contributed by atoms with Crippen LogP contribution in [0.25, 0.3) is 0 Å². The molecule has 29 heavy (non-hydrogen) atoms. The highest BCUT2D eigenvalue weighted by molar-refractivity contribution is 14.0. The zero-order chi connectivity index (χ0) is 20.6. The van der Waals surface area contributed by atoms with Crippen LogP contribution in [0.5, 0.6) is 0 Å². The first kappa shape index (κ1) is 25.7. The average Bonchev–Trinajstić information content (AvgIpc) is 3.07. The fourth-order valence-electron chi connectivity index (χ4n) is 3.17. The monoisotopic (exact) mass is 536 g/mol. The predicted octanol–water partition coefficient (Wildman–Crippen LogP) is 2.35. The summed E-state index contributed by atoms with van der Waals surface area (Å²) in [5, 5.41) is 6.39. The van der Waals surface area contributed by atoms with Crippen molar-refractivity contribution in [1.82, 2.24) is 10.6 Å². The lowest BCUT2D eigenvalue weighted by Gasteiger charge is -2.18. The van der Waals surface area contributed by atoms with E-state index < -0.39 is 9.84 Å². The molecule has 164 valence electrons. The smallest absolute Gasteiger partial charge is 0.227 e. The fraction of sp³-hybridized carbons (Fsp3) is 0.600. The molecule has 1 aromatic carbocycles. The van der Waals surface area contributed by atoms with E-state index >= 15 is 0 Å². The quantitative estimate of drug-likeness (QED) is 0.219. The van der Waals surface area contributed by atoms with Crippen molar-refractivity contribution in [2.45, 2.75) is 45.6 Å². The molecule has 1 amide bonds. The van der Waals surface area contributed by atoms with Crippen molar-refractivity contribution in [1.29, 1.82) is 0 Å². The van der Waals surface area contributed by atoms with Gasteiger partial charge in [-0.05, 0) is 44.7 Å². The maximum Gasteiger partial charge on any atom is 0.227 e. The summed E-state index contributed by atoms with van der Waals surface area (Å²) in [5.41, 5.74) is 2.27. The maximum absolute atomic E-state index is 12.5. The third-order valence-electron chi connectivity index (χ3n) is 4.66. The number of carbonyl (C=O) groups excluding carboxylic acids is 1. The van der Waals surface area contributed by atoms with Crippen molar-refractivity contribution in [3.63, 3.8) is 0 Å². The molecule has 1 atom stereocenters. The number of anilines is 1. The molecule has 0 aromatic heterocycles. The molecule has 0 saturated carbocycles. The fourth-order valence-corrected chi connectivity index (χ4v) is 3.95. The lowest BCUT2D eigenvalue weighted by Crippen LogP contribution is -2.43. The summed E-state index contributed by atoms with van der Waals surface area (Å²) in [6.45, 7) is 5.92. The van der Waals surface area contributed by atoms with Crippen LogP contribution in [0.15, 0.2) is 29.3 Å². The number of aliphatic imine (C=N–C) groups is 1. The number of benzene rings is 1. The number of nitrogens with one attached hydrogen (secondary N) is 2. The standard InChI is InChI=1S/C20H32N4O3S.HI/c1-4-21-20(23-16(2)12-15-28(3,26)27)22-13-7-10-19(25)24-14-11-17-8-5-6-9-18(17)24;/h5-6,8-9,16H,4,7,10-15H2,1-3H3,(H2,21,22,23);1H. The minimum Gasteiger partial charge on any atom is -0.357 e. The Labute approximate surface area is 191 Å². The number of nitrogens with zero attached hydrogens (tertiary/aromatic N) is 2. The van der Waals surface area contributed by atoms with Gasteiger partial charge in [-0.2, -0.15) is 0 Å². The Bertz CT molecular complexity index is 799. The number of fused-ring (bicyclic) bond motifs is 1. The second kappa shape index (κ2) is 12.4. The van der Waals surface area contributed by atoms with E-state index in [9.17, 15) is 13.2 Å². The first-order chi connectivity index (χ1) is 13.3. The highest BCUT2D eigenvalue weighted by Gasteiger charge is 2.23. The van der Waals surface area contributed by atoms with E-state index in [0.29, 0.717) is 38.3 Å². The van der Waals surface area contributed by atoms with E-state index in [0.717, 1.165) is 18.7 Å². The minimum atomic E-state index is -2.97. The Morgan fingerprint density at radius 3 is 2.72 bits per heavy atom. The van der Waals surface area contributed by atoms with Gasteiger partial charge in [0.2, 0.25) is 5.91 Å². The lowest BCUT2D eigenvalue weighted by molar-refractivity contribution is -0.118. The normalized spacial score (nSPS) is 14.7. The van der Waals surface area contributed by atoms with Crippen LogP contribution < -0.4 is 15.5 Å². The summed E-state index contributed by atoms with van der Waals surface area (Å²) in [6, 6.07) is 8.05. The third-order valence-corrected chi connectivity index (χ3v) is 5.63. The highest BCUT2D eigenvalue weighted by Crippen LogP contribution is 2.27. The third kappa shape index (κ3) is 8.90. The summed E-state index contributed by atoms with van der Waals surface area (Å²) in [4.78, 5) is 18.9. The van der Waals surface area contributed by atoms with Gasteiger partial charge in [-0.3, -0.25) is 9.79 Å². The summed E-state index contributed by atoms with van der Waals surface area (Å²) < 4.78 is 22.6. The van der Waals surface area contributed by atoms with Gasteiger partial charge in [0.05, 0.1) is 5.75 Å². The molecule has 0 spiro atoms. The topological polar surface area (TPSA) is 90.9 Å². The molecule has 0 saturated heterocycles. The molecule has 0 radical (unpaired) electrons. The number of para-hydroxylation sites is 1. The Kier molecular flexibility index (Phi) is 10.9. The number of hydrogen-bond acceptors (Lipinski definition) is 4. The Hall–Kier alpha value is -1.36. The van der Waals surface area contributed by atoms with E-state index in [1.54, 1.807) is 0 Å². The molecule has 1 heterocycles. The van der Waals surface area contributed by atoms with Gasteiger partial charge in [0.1, 0.15) is 9.84 Å². The van der Waals surface area contributed by atoms with E-state index in [-0.39, 0.29) is 41.7 Å². The van der Waals surface area contributed by atoms with Gasteiger partial charge in [-0.1, -0.05) is 18.2 Å². The van der Waals surface area contributed by atoms with Gasteiger partial charge in [0.15, 0.2) is 5.96 Å². The lowest BCUT2D eigenvalue weighted by atomic mass is 10.2. The van der Waals surface area contributed by atoms with Crippen molar-refractivity contribution < 1.29 is 13.2 Å². The summed E-state index contributed by atoms with van der Waals surface area (Å²) >= 11 is 0. The van der Waals surface area contributed by atoms with E-state index in [2.05, 4.69) is 21.7 Å². The van der Waals surface area contributed by atoms with Crippen molar-refractivity contribution in [2.24, 2.45) is 4.99 Å². The summed E-state index contributed by atoms with van der Waals surface area (Å²) in [6.07, 6.45) is 3.82.